The maximum Gasteiger partial charge on any atom is 0.421 e. The first-order chi connectivity index (χ1) is 18.0. The average molecular weight is 584 g/mol. The molecule has 0 bridgehead atoms. The summed E-state index contributed by atoms with van der Waals surface area (Å²) in [6.07, 6.45) is -13.2. The second-order valence-corrected chi connectivity index (χ2v) is 8.96. The van der Waals surface area contributed by atoms with E-state index in [9.17, 15) is 40.6 Å². The highest BCUT2D eigenvalue weighted by atomic mass is 35.5. The molecule has 2 atom stereocenters. The smallest absolute Gasteiger partial charge is 0.421 e. The number of halogens is 8. The highest BCUT2D eigenvalue weighted by molar-refractivity contribution is 6.30. The van der Waals surface area contributed by atoms with Crippen molar-refractivity contribution in [2.45, 2.75) is 50.9 Å². The van der Waals surface area contributed by atoms with Crippen LogP contribution in [0.5, 0.6) is 0 Å². The second kappa shape index (κ2) is 11.0. The number of carbonyl (C=O) groups is 1. The van der Waals surface area contributed by atoms with Gasteiger partial charge in [0.05, 0.1) is 23.6 Å². The van der Waals surface area contributed by atoms with Crippen LogP contribution in [0.2, 0.25) is 5.02 Å². The van der Waals surface area contributed by atoms with Gasteiger partial charge >= 0.3 is 12.4 Å². The summed E-state index contributed by atoms with van der Waals surface area (Å²) in [5.74, 6) is -2.26. The molecule has 2 aromatic carbocycles. The largest absolute Gasteiger partial charge is 0.479 e. The van der Waals surface area contributed by atoms with Crippen LogP contribution in [0.4, 0.5) is 30.7 Å². The van der Waals surface area contributed by atoms with E-state index in [1.54, 1.807) is 6.92 Å². The highest BCUT2D eigenvalue weighted by Crippen LogP contribution is 2.46. The molecule has 39 heavy (non-hydrogen) atoms. The molecule has 0 saturated heterocycles. The number of hydrogen-bond acceptors (Lipinski definition) is 6. The minimum Gasteiger partial charge on any atom is -0.479 e. The van der Waals surface area contributed by atoms with Gasteiger partial charge in [-0.2, -0.15) is 26.3 Å². The average Bonchev–Trinajstić information content (AvgIpc) is 3.25. The number of ether oxygens (including phenoxy) is 1. The van der Waals surface area contributed by atoms with Crippen LogP contribution >= 0.6 is 11.6 Å². The van der Waals surface area contributed by atoms with Gasteiger partial charge in [-0.05, 0) is 54.4 Å². The lowest BCUT2D eigenvalue weighted by Crippen LogP contribution is -2.45. The number of carbonyl (C=O) groups excluding carboxylic acids is 1. The Morgan fingerprint density at radius 1 is 1.23 bits per heavy atom. The number of amides is 1. The summed E-state index contributed by atoms with van der Waals surface area (Å²) in [7, 11) is 0. The van der Waals surface area contributed by atoms with E-state index in [-0.39, 0.29) is 41.1 Å². The van der Waals surface area contributed by atoms with Crippen molar-refractivity contribution in [1.82, 2.24) is 5.32 Å². The number of benzene rings is 2. The Balaban J connectivity index is 1.87. The molecule has 0 fully saturated rings. The first kappa shape index (κ1) is 30.2. The van der Waals surface area contributed by atoms with Crippen LogP contribution in [0.1, 0.15) is 52.4 Å². The second-order valence-electron chi connectivity index (χ2n) is 8.55. The molecule has 0 aromatic heterocycles. The summed E-state index contributed by atoms with van der Waals surface area (Å²) in [5.41, 5.74) is -8.55. The lowest BCUT2D eigenvalue weighted by molar-refractivity contribution is -0.264. The minimum absolute atomic E-state index is 0.0711. The molecule has 0 saturated carbocycles. The third kappa shape index (κ3) is 6.44. The number of alkyl halides is 6. The zero-order chi connectivity index (χ0) is 29.3. The molecular formula is C24H21ClF7N3O4. The predicted octanol–water partition coefficient (Wildman–Crippen LogP) is 5.84. The Hall–Kier alpha value is -3.39. The number of nitrogens with zero attached hydrogens (tertiary/aromatic N) is 1. The predicted molar refractivity (Wildman–Crippen MR) is 125 cm³/mol. The normalized spacial score (nSPS) is 17.2. The Morgan fingerprint density at radius 2 is 1.90 bits per heavy atom. The van der Waals surface area contributed by atoms with Gasteiger partial charge < -0.3 is 25.4 Å². The number of aliphatic hydroxyl groups is 1. The van der Waals surface area contributed by atoms with Gasteiger partial charge in [0.15, 0.2) is 5.60 Å². The zero-order valence-corrected chi connectivity index (χ0v) is 21.0. The molecule has 15 heteroatoms. The fourth-order valence-corrected chi connectivity index (χ4v) is 3.99. The first-order valence-corrected chi connectivity index (χ1v) is 11.6. The van der Waals surface area contributed by atoms with Crippen molar-refractivity contribution >= 4 is 29.1 Å². The molecule has 1 aliphatic heterocycles. The molecule has 0 spiro atoms. The maximum absolute atomic E-state index is 14.6. The number of aryl methyl sites for hydroxylation is 1. The summed E-state index contributed by atoms with van der Waals surface area (Å²) in [5, 5.41) is 23.6. The molecule has 0 aliphatic carbocycles. The van der Waals surface area contributed by atoms with E-state index in [1.807, 2.05) is 0 Å². The molecule has 0 radical (unpaired) electrons. The Bertz CT molecular complexity index is 1310. The van der Waals surface area contributed by atoms with Crippen molar-refractivity contribution in [1.29, 1.82) is 5.41 Å². The van der Waals surface area contributed by atoms with Gasteiger partial charge in [0.1, 0.15) is 5.82 Å². The van der Waals surface area contributed by atoms with Gasteiger partial charge in [-0.1, -0.05) is 17.7 Å². The van der Waals surface area contributed by atoms with E-state index < -0.39 is 64.2 Å². The van der Waals surface area contributed by atoms with E-state index in [0.717, 1.165) is 6.07 Å². The Kier molecular flexibility index (Phi) is 8.51. The van der Waals surface area contributed by atoms with Crippen LogP contribution < -0.4 is 5.32 Å². The Morgan fingerprint density at radius 3 is 2.46 bits per heavy atom. The number of oxime groups is 1. The quantitative estimate of drug-likeness (QED) is 0.281. The topological polar surface area (TPSA) is 104 Å². The van der Waals surface area contributed by atoms with Gasteiger partial charge in [0.25, 0.3) is 5.91 Å². The van der Waals surface area contributed by atoms with Crippen LogP contribution in [-0.4, -0.2) is 41.6 Å². The SMILES string of the molecule is CCOC1=NO[C@H](NC(=O)c2ccc(C(=N)CC(O)(c3cc(C(F)(F)F)cc(Cl)c3F)C(F)(F)F)cc2C)C1. The first-order valence-electron chi connectivity index (χ1n) is 11.2. The summed E-state index contributed by atoms with van der Waals surface area (Å²) >= 11 is 5.42. The summed E-state index contributed by atoms with van der Waals surface area (Å²) in [6.45, 7) is 3.50. The van der Waals surface area contributed by atoms with Gasteiger partial charge in [-0.3, -0.25) is 4.79 Å². The molecule has 212 valence electrons. The van der Waals surface area contributed by atoms with E-state index in [1.165, 1.54) is 19.1 Å². The van der Waals surface area contributed by atoms with E-state index >= 15 is 0 Å². The van der Waals surface area contributed by atoms with Crippen molar-refractivity contribution in [3.63, 3.8) is 0 Å². The molecule has 3 N–H and O–H groups in total. The molecule has 7 nitrogen and oxygen atoms in total. The van der Waals surface area contributed by atoms with Gasteiger partial charge in [-0.15, -0.1) is 0 Å². The third-order valence-electron chi connectivity index (χ3n) is 5.77. The van der Waals surface area contributed by atoms with Crippen molar-refractivity contribution in [2.75, 3.05) is 6.61 Å². The lowest BCUT2D eigenvalue weighted by atomic mass is 9.84. The van der Waals surface area contributed by atoms with Crippen molar-refractivity contribution in [3.8, 4) is 0 Å². The minimum atomic E-state index is -5.70. The molecule has 1 amide bonds. The summed E-state index contributed by atoms with van der Waals surface area (Å²) in [6, 6.07) is 3.37. The lowest BCUT2D eigenvalue weighted by Gasteiger charge is -2.32. The summed E-state index contributed by atoms with van der Waals surface area (Å²) in [4.78, 5) is 17.7. The molecule has 2 aromatic rings. The number of rotatable bonds is 7. The van der Waals surface area contributed by atoms with Gasteiger partial charge in [0.2, 0.25) is 12.1 Å². The fraction of sp³-hybridized carbons (Fsp3) is 0.375. The van der Waals surface area contributed by atoms with Gasteiger partial charge in [0, 0.05) is 23.3 Å². The molecule has 1 unspecified atom stereocenters. The molecule has 1 heterocycles. The molecule has 3 rings (SSSR count). The van der Waals surface area contributed by atoms with Crippen molar-refractivity contribution < 1.29 is 50.2 Å². The van der Waals surface area contributed by atoms with Gasteiger partial charge in [-0.25, -0.2) is 4.39 Å². The van der Waals surface area contributed by atoms with Crippen LogP contribution in [0, 0.1) is 18.2 Å². The van der Waals surface area contributed by atoms with Crippen LogP contribution in [0.25, 0.3) is 0 Å². The van der Waals surface area contributed by atoms with Crippen molar-refractivity contribution in [2.24, 2.45) is 5.16 Å². The van der Waals surface area contributed by atoms with Crippen LogP contribution in [0.15, 0.2) is 35.5 Å². The summed E-state index contributed by atoms with van der Waals surface area (Å²) < 4.78 is 101. The van der Waals surface area contributed by atoms with E-state index in [0.29, 0.717) is 6.61 Å². The van der Waals surface area contributed by atoms with Crippen LogP contribution in [-0.2, 0) is 21.4 Å². The van der Waals surface area contributed by atoms with E-state index in [4.69, 9.17) is 26.6 Å². The van der Waals surface area contributed by atoms with Crippen molar-refractivity contribution in [3.05, 3.63) is 69.0 Å². The van der Waals surface area contributed by atoms with E-state index in [2.05, 4.69) is 10.5 Å². The zero-order valence-electron chi connectivity index (χ0n) is 20.2. The van der Waals surface area contributed by atoms with Crippen LogP contribution in [0.3, 0.4) is 0 Å². The fourth-order valence-electron chi connectivity index (χ4n) is 3.77. The maximum atomic E-state index is 14.6. The molecule has 1 aliphatic rings. The number of hydrogen-bond donors (Lipinski definition) is 3. The molecular weight excluding hydrogens is 563 g/mol. The highest BCUT2D eigenvalue weighted by Gasteiger charge is 2.57. The Labute approximate surface area is 222 Å². The third-order valence-corrected chi connectivity index (χ3v) is 6.04. The standard InChI is InChI=1S/C24H21ClF7N3O4/c1-3-38-19-9-18(39-35-19)34-21(36)14-5-4-12(6-11(14)2)17(33)10-22(37,24(30,31)32)15-7-13(23(27,28)29)8-16(25)20(15)26/h4-8,18,33,37H,3,9-10H2,1-2H3,(H,34,36)/t18-,22?/m0/s1. The monoisotopic (exact) mass is 583 g/mol. The number of nitrogens with one attached hydrogen (secondary N) is 2.